The number of aromatic nitrogens is 3. The second-order valence-electron chi connectivity index (χ2n) is 9.31. The fraction of sp³-hybridized carbons (Fsp3) is 0.185. The third kappa shape index (κ3) is 4.14. The van der Waals surface area contributed by atoms with Gasteiger partial charge in [-0.05, 0) is 51.1 Å². The molecule has 2 N–H and O–H groups in total. The van der Waals surface area contributed by atoms with Crippen LogP contribution in [-0.4, -0.2) is 26.8 Å². The molecule has 0 radical (unpaired) electrons. The largest absolute Gasteiger partial charge is 0.418 e. The van der Waals surface area contributed by atoms with Crippen LogP contribution in [0.25, 0.3) is 11.3 Å². The van der Waals surface area contributed by atoms with E-state index >= 15 is 0 Å². The zero-order chi connectivity index (χ0) is 26.5. The van der Waals surface area contributed by atoms with Crippen LogP contribution in [0.2, 0.25) is 0 Å². The molecular formula is C27H22F3N5O2. The SMILES string of the molecule is Cc1ccc(NC(=O)c2nc(-c3cccc4c3C(C)(C)C(=O)N4c3cnc[nH]3)ccc2C(F)(F)F)cc1. The molecule has 0 unspecified atom stereocenters. The topological polar surface area (TPSA) is 91.0 Å². The number of fused-ring (bicyclic) bond motifs is 1. The smallest absolute Gasteiger partial charge is 0.331 e. The lowest BCUT2D eigenvalue weighted by molar-refractivity contribution is -0.138. The molecule has 7 nitrogen and oxygen atoms in total. The Balaban J connectivity index is 1.64. The predicted molar refractivity (Wildman–Crippen MR) is 133 cm³/mol. The van der Waals surface area contributed by atoms with Crippen molar-refractivity contribution in [2.75, 3.05) is 10.2 Å². The normalized spacial score (nSPS) is 14.5. The Morgan fingerprint density at radius 3 is 2.43 bits per heavy atom. The van der Waals surface area contributed by atoms with Crippen LogP contribution in [0.3, 0.4) is 0 Å². The van der Waals surface area contributed by atoms with Gasteiger partial charge in [0.15, 0.2) is 0 Å². The van der Waals surface area contributed by atoms with E-state index in [4.69, 9.17) is 0 Å². The summed E-state index contributed by atoms with van der Waals surface area (Å²) in [5.74, 6) is -0.754. The number of anilines is 3. The molecule has 4 aromatic rings. The van der Waals surface area contributed by atoms with Gasteiger partial charge in [0.1, 0.15) is 11.5 Å². The van der Waals surface area contributed by atoms with Crippen molar-refractivity contribution in [2.45, 2.75) is 32.4 Å². The third-order valence-corrected chi connectivity index (χ3v) is 6.37. The van der Waals surface area contributed by atoms with E-state index in [1.54, 1.807) is 56.3 Å². The zero-order valence-electron chi connectivity index (χ0n) is 20.1. The predicted octanol–water partition coefficient (Wildman–Crippen LogP) is 6.01. The Kier molecular flexibility index (Phi) is 5.62. The van der Waals surface area contributed by atoms with E-state index in [0.29, 0.717) is 28.3 Å². The molecule has 0 spiro atoms. The number of carbonyl (C=O) groups is 2. The Labute approximate surface area is 210 Å². The molecule has 0 saturated heterocycles. The van der Waals surface area contributed by atoms with Gasteiger partial charge in [0.2, 0.25) is 5.91 Å². The maximum absolute atomic E-state index is 13.9. The number of pyridine rings is 1. The monoisotopic (exact) mass is 505 g/mol. The number of nitrogens with zero attached hydrogens (tertiary/aromatic N) is 3. The van der Waals surface area contributed by atoms with Gasteiger partial charge in [-0.25, -0.2) is 9.97 Å². The van der Waals surface area contributed by atoms with Crippen LogP contribution in [0, 0.1) is 6.92 Å². The van der Waals surface area contributed by atoms with Gasteiger partial charge in [-0.15, -0.1) is 0 Å². The van der Waals surface area contributed by atoms with E-state index in [1.165, 1.54) is 23.5 Å². The first-order chi connectivity index (χ1) is 17.5. The van der Waals surface area contributed by atoms with Crippen LogP contribution in [0.4, 0.5) is 30.4 Å². The van der Waals surface area contributed by atoms with E-state index in [1.807, 2.05) is 6.92 Å². The summed E-state index contributed by atoms with van der Waals surface area (Å²) < 4.78 is 41.6. The highest BCUT2D eigenvalue weighted by molar-refractivity contribution is 6.13. The Morgan fingerprint density at radius 1 is 1.05 bits per heavy atom. The maximum Gasteiger partial charge on any atom is 0.418 e. The van der Waals surface area contributed by atoms with Crippen molar-refractivity contribution in [1.29, 1.82) is 0 Å². The molecular weight excluding hydrogens is 483 g/mol. The summed E-state index contributed by atoms with van der Waals surface area (Å²) in [6.07, 6.45) is -1.83. The number of nitrogens with one attached hydrogen (secondary N) is 2. The van der Waals surface area contributed by atoms with Crippen LogP contribution in [-0.2, 0) is 16.4 Å². The van der Waals surface area contributed by atoms with E-state index in [-0.39, 0.29) is 11.6 Å². The molecule has 10 heteroatoms. The van der Waals surface area contributed by atoms with Crippen LogP contribution < -0.4 is 10.2 Å². The number of carbonyl (C=O) groups excluding carboxylic acids is 2. The average molecular weight is 506 g/mol. The lowest BCUT2D eigenvalue weighted by Gasteiger charge is -2.20. The molecule has 1 aliphatic heterocycles. The first-order valence-corrected chi connectivity index (χ1v) is 11.4. The number of amides is 2. The third-order valence-electron chi connectivity index (χ3n) is 6.37. The number of rotatable bonds is 4. The van der Waals surface area contributed by atoms with E-state index < -0.39 is 28.8 Å². The number of hydrogen-bond acceptors (Lipinski definition) is 4. The van der Waals surface area contributed by atoms with Crippen molar-refractivity contribution in [2.24, 2.45) is 0 Å². The van der Waals surface area contributed by atoms with Crippen molar-refractivity contribution in [3.63, 3.8) is 0 Å². The summed E-state index contributed by atoms with van der Waals surface area (Å²) in [7, 11) is 0. The van der Waals surface area contributed by atoms with E-state index in [0.717, 1.165) is 11.6 Å². The summed E-state index contributed by atoms with van der Waals surface area (Å²) in [4.78, 5) is 39.0. The molecule has 2 aromatic heterocycles. The number of benzene rings is 2. The molecule has 2 amide bonds. The van der Waals surface area contributed by atoms with E-state index in [2.05, 4.69) is 20.3 Å². The van der Waals surface area contributed by atoms with Gasteiger partial charge in [-0.1, -0.05) is 29.8 Å². The first kappa shape index (κ1) is 24.2. The van der Waals surface area contributed by atoms with Crippen molar-refractivity contribution in [3.05, 3.63) is 89.5 Å². The Bertz CT molecular complexity index is 1510. The maximum atomic E-state index is 13.9. The van der Waals surface area contributed by atoms with Gasteiger partial charge in [0.05, 0.1) is 34.9 Å². The van der Waals surface area contributed by atoms with Crippen LogP contribution in [0.1, 0.15) is 41.0 Å². The van der Waals surface area contributed by atoms with Gasteiger partial charge >= 0.3 is 6.18 Å². The van der Waals surface area contributed by atoms with Crippen LogP contribution in [0.5, 0.6) is 0 Å². The van der Waals surface area contributed by atoms with Gasteiger partial charge in [0, 0.05) is 16.8 Å². The minimum Gasteiger partial charge on any atom is -0.331 e. The average Bonchev–Trinajstić information content (AvgIpc) is 3.45. The minimum absolute atomic E-state index is 0.145. The van der Waals surface area contributed by atoms with Crippen molar-refractivity contribution in [3.8, 4) is 11.3 Å². The molecule has 37 heavy (non-hydrogen) atoms. The minimum atomic E-state index is -4.79. The Hall–Kier alpha value is -4.47. The summed E-state index contributed by atoms with van der Waals surface area (Å²) in [6, 6.07) is 13.9. The van der Waals surface area contributed by atoms with Crippen molar-refractivity contribution >= 4 is 29.0 Å². The van der Waals surface area contributed by atoms with Gasteiger partial charge in [0.25, 0.3) is 5.91 Å². The van der Waals surface area contributed by atoms with Crippen molar-refractivity contribution < 1.29 is 22.8 Å². The lowest BCUT2D eigenvalue weighted by Crippen LogP contribution is -2.33. The zero-order valence-corrected chi connectivity index (χ0v) is 20.1. The van der Waals surface area contributed by atoms with Crippen LogP contribution >= 0.6 is 0 Å². The number of alkyl halides is 3. The summed E-state index contributed by atoms with van der Waals surface area (Å²) >= 11 is 0. The molecule has 0 bridgehead atoms. The highest BCUT2D eigenvalue weighted by Crippen LogP contribution is 2.49. The first-order valence-electron chi connectivity index (χ1n) is 11.4. The van der Waals surface area contributed by atoms with E-state index in [9.17, 15) is 22.8 Å². The van der Waals surface area contributed by atoms with Crippen molar-refractivity contribution in [1.82, 2.24) is 15.0 Å². The summed E-state index contributed by atoms with van der Waals surface area (Å²) in [5.41, 5.74) is 0.106. The highest BCUT2D eigenvalue weighted by atomic mass is 19.4. The second-order valence-corrected chi connectivity index (χ2v) is 9.31. The number of aromatic amines is 1. The molecule has 3 heterocycles. The molecule has 0 fully saturated rings. The second kappa shape index (κ2) is 8.58. The van der Waals surface area contributed by atoms with Gasteiger partial charge in [-0.2, -0.15) is 13.2 Å². The fourth-order valence-electron chi connectivity index (χ4n) is 4.54. The lowest BCUT2D eigenvalue weighted by atomic mass is 9.82. The van der Waals surface area contributed by atoms with Crippen LogP contribution in [0.15, 0.2) is 67.1 Å². The molecule has 1 aliphatic rings. The summed E-state index contributed by atoms with van der Waals surface area (Å²) in [5, 5.41) is 2.50. The number of halogens is 3. The number of hydrogen-bond donors (Lipinski definition) is 2. The molecule has 2 aromatic carbocycles. The Morgan fingerprint density at radius 2 is 1.78 bits per heavy atom. The molecule has 0 atom stereocenters. The number of H-pyrrole nitrogens is 1. The van der Waals surface area contributed by atoms with Gasteiger partial charge < -0.3 is 10.3 Å². The number of imidazole rings is 1. The molecule has 0 saturated carbocycles. The fourth-order valence-corrected chi connectivity index (χ4v) is 4.54. The quantitative estimate of drug-likeness (QED) is 0.356. The molecule has 0 aliphatic carbocycles. The number of aryl methyl sites for hydroxylation is 1. The highest BCUT2D eigenvalue weighted by Gasteiger charge is 2.47. The molecule has 188 valence electrons. The molecule has 5 rings (SSSR count). The summed E-state index contributed by atoms with van der Waals surface area (Å²) in [6.45, 7) is 5.34. The van der Waals surface area contributed by atoms with Gasteiger partial charge in [-0.3, -0.25) is 14.5 Å². The standard InChI is InChI=1S/C27H22F3N5O2/c1-15-7-9-16(10-8-15)33-24(36)23-18(27(28,29)30)11-12-19(34-23)17-5-4-6-20-22(17)26(2,3)25(37)35(20)21-13-31-14-32-21/h4-14H,1-3H3,(H,31,32)(H,33,36).